The third-order valence-corrected chi connectivity index (χ3v) is 8.36. The fraction of sp³-hybridized carbons (Fsp3) is 0.275. The Kier molecular flexibility index (Phi) is 10.5. The van der Waals surface area contributed by atoms with Crippen LogP contribution in [-0.4, -0.2) is 46.7 Å². The second-order valence-corrected chi connectivity index (χ2v) is 12.8. The lowest BCUT2D eigenvalue weighted by Crippen LogP contribution is -2.56. The molecule has 48 heavy (non-hydrogen) atoms. The SMILES string of the molecule is CC#CCOC(=O)N1Cc2cc(Oc3ccc(C(C)(C)C)cc3)ccc2C[C@H]1C(=O)NC(Cc1ccc(-c2ccccc2)cc1)C(=O)O. The Morgan fingerprint density at radius 1 is 0.896 bits per heavy atom. The first-order valence-corrected chi connectivity index (χ1v) is 15.9. The Morgan fingerprint density at radius 2 is 1.56 bits per heavy atom. The fourth-order valence-corrected chi connectivity index (χ4v) is 5.63. The van der Waals surface area contributed by atoms with Crippen molar-refractivity contribution in [2.75, 3.05) is 6.61 Å². The lowest BCUT2D eigenvalue weighted by atomic mass is 9.87. The van der Waals surface area contributed by atoms with Gasteiger partial charge < -0.3 is 19.9 Å². The van der Waals surface area contributed by atoms with E-state index in [0.717, 1.165) is 27.8 Å². The summed E-state index contributed by atoms with van der Waals surface area (Å²) in [6, 6.07) is 28.7. The molecule has 5 rings (SSSR count). The Morgan fingerprint density at radius 3 is 2.21 bits per heavy atom. The molecule has 0 aromatic heterocycles. The van der Waals surface area contributed by atoms with E-state index < -0.39 is 30.1 Å². The normalized spacial score (nSPS) is 14.5. The van der Waals surface area contributed by atoms with Crippen LogP contribution >= 0.6 is 0 Å². The molecule has 1 aliphatic rings. The van der Waals surface area contributed by atoms with Gasteiger partial charge in [0.15, 0.2) is 6.61 Å². The zero-order chi connectivity index (χ0) is 34.3. The maximum absolute atomic E-state index is 13.7. The Bertz CT molecular complexity index is 1820. The molecule has 0 fully saturated rings. The summed E-state index contributed by atoms with van der Waals surface area (Å²) in [7, 11) is 0. The second-order valence-electron chi connectivity index (χ2n) is 12.8. The van der Waals surface area contributed by atoms with E-state index in [4.69, 9.17) is 9.47 Å². The van der Waals surface area contributed by atoms with Crippen molar-refractivity contribution in [3.8, 4) is 34.5 Å². The zero-order valence-electron chi connectivity index (χ0n) is 27.7. The maximum atomic E-state index is 13.7. The van der Waals surface area contributed by atoms with Gasteiger partial charge in [0.25, 0.3) is 0 Å². The van der Waals surface area contributed by atoms with Gasteiger partial charge in [-0.2, -0.15) is 0 Å². The summed E-state index contributed by atoms with van der Waals surface area (Å²) >= 11 is 0. The van der Waals surface area contributed by atoms with Crippen molar-refractivity contribution in [3.05, 3.63) is 119 Å². The van der Waals surface area contributed by atoms with E-state index in [1.54, 1.807) is 6.92 Å². The number of amides is 2. The molecule has 1 heterocycles. The standard InChI is InChI=1S/C40H40N2O6/c1-5-6-22-47-39(46)42-26-31-24-34(48-33-20-17-32(18-21-33)40(2,3)4)19-16-30(31)25-36(42)37(43)41-35(38(44)45)23-27-12-14-29(15-13-27)28-10-8-7-9-11-28/h7-21,24,35-36H,22-23,25-26H2,1-4H3,(H,41,43)(H,44,45)/t35?,36-/m0/s1. The minimum atomic E-state index is -1.20. The van der Waals surface area contributed by atoms with Gasteiger partial charge in [-0.05, 0) is 70.0 Å². The molecule has 2 atom stereocenters. The van der Waals surface area contributed by atoms with E-state index in [1.807, 2.05) is 97.1 Å². The van der Waals surface area contributed by atoms with Crippen molar-refractivity contribution in [1.29, 1.82) is 0 Å². The van der Waals surface area contributed by atoms with Crippen LogP contribution in [0.4, 0.5) is 4.79 Å². The third-order valence-electron chi connectivity index (χ3n) is 8.36. The summed E-state index contributed by atoms with van der Waals surface area (Å²) in [5.41, 5.74) is 5.68. The summed E-state index contributed by atoms with van der Waals surface area (Å²) in [4.78, 5) is 40.6. The number of ether oxygens (including phenoxy) is 2. The van der Waals surface area contributed by atoms with Gasteiger partial charge >= 0.3 is 12.1 Å². The number of carboxylic acids is 1. The summed E-state index contributed by atoms with van der Waals surface area (Å²) in [6.07, 6.45) is -0.460. The van der Waals surface area contributed by atoms with Crippen molar-refractivity contribution >= 4 is 18.0 Å². The number of carboxylic acid groups (broad SMARTS) is 1. The lowest BCUT2D eigenvalue weighted by molar-refractivity contribution is -0.142. The molecule has 8 heteroatoms. The van der Waals surface area contributed by atoms with E-state index in [1.165, 1.54) is 10.5 Å². The molecule has 0 saturated heterocycles. The van der Waals surface area contributed by atoms with Crippen LogP contribution in [0.3, 0.4) is 0 Å². The number of benzene rings is 4. The number of rotatable bonds is 9. The van der Waals surface area contributed by atoms with Gasteiger partial charge in [0.2, 0.25) is 5.91 Å². The molecule has 0 aliphatic carbocycles. The fourth-order valence-electron chi connectivity index (χ4n) is 5.63. The van der Waals surface area contributed by atoms with Gasteiger partial charge in [-0.15, -0.1) is 5.92 Å². The van der Waals surface area contributed by atoms with Crippen molar-refractivity contribution in [1.82, 2.24) is 10.2 Å². The van der Waals surface area contributed by atoms with Crippen LogP contribution in [0.2, 0.25) is 0 Å². The number of aliphatic carboxylic acids is 1. The van der Waals surface area contributed by atoms with E-state index in [-0.39, 0.29) is 31.4 Å². The van der Waals surface area contributed by atoms with Crippen LogP contribution in [-0.2, 0) is 39.1 Å². The number of carbonyl (C=O) groups is 3. The first-order chi connectivity index (χ1) is 23.0. The molecule has 0 saturated carbocycles. The predicted molar refractivity (Wildman–Crippen MR) is 185 cm³/mol. The third kappa shape index (κ3) is 8.42. The van der Waals surface area contributed by atoms with Crippen LogP contribution in [0.5, 0.6) is 11.5 Å². The molecule has 4 aromatic carbocycles. The highest BCUT2D eigenvalue weighted by atomic mass is 16.6. The number of hydrogen-bond donors (Lipinski definition) is 2. The maximum Gasteiger partial charge on any atom is 0.411 e. The highest BCUT2D eigenvalue weighted by Gasteiger charge is 2.37. The van der Waals surface area contributed by atoms with Gasteiger partial charge in [-0.3, -0.25) is 9.69 Å². The van der Waals surface area contributed by atoms with Crippen molar-refractivity contribution in [2.45, 2.75) is 64.6 Å². The van der Waals surface area contributed by atoms with Crippen LogP contribution in [0, 0.1) is 11.8 Å². The first kappa shape index (κ1) is 33.8. The molecule has 1 unspecified atom stereocenters. The summed E-state index contributed by atoms with van der Waals surface area (Å²) in [5, 5.41) is 12.7. The monoisotopic (exact) mass is 644 g/mol. The quantitative estimate of drug-likeness (QED) is 0.188. The van der Waals surface area contributed by atoms with E-state index in [0.29, 0.717) is 11.5 Å². The molecular formula is C40H40N2O6. The minimum Gasteiger partial charge on any atom is -0.480 e. The molecule has 0 bridgehead atoms. The number of nitrogens with one attached hydrogen (secondary N) is 1. The lowest BCUT2D eigenvalue weighted by Gasteiger charge is -2.35. The van der Waals surface area contributed by atoms with Crippen molar-refractivity contribution in [2.24, 2.45) is 0 Å². The molecule has 246 valence electrons. The zero-order valence-corrected chi connectivity index (χ0v) is 27.7. The van der Waals surface area contributed by atoms with E-state index in [2.05, 4.69) is 37.9 Å². The summed E-state index contributed by atoms with van der Waals surface area (Å²) in [5.74, 6) is 4.91. The molecular weight excluding hydrogens is 604 g/mol. The highest BCUT2D eigenvalue weighted by molar-refractivity contribution is 5.90. The smallest absolute Gasteiger partial charge is 0.411 e. The molecule has 4 aromatic rings. The Hall–Kier alpha value is -5.55. The number of carbonyl (C=O) groups excluding carboxylic acids is 2. The Balaban J connectivity index is 1.33. The summed E-state index contributed by atoms with van der Waals surface area (Å²) in [6.45, 7) is 8.04. The van der Waals surface area contributed by atoms with Crippen molar-refractivity contribution in [3.63, 3.8) is 0 Å². The van der Waals surface area contributed by atoms with Crippen molar-refractivity contribution < 1.29 is 29.0 Å². The summed E-state index contributed by atoms with van der Waals surface area (Å²) < 4.78 is 11.5. The van der Waals surface area contributed by atoms with Gasteiger partial charge in [0, 0.05) is 12.8 Å². The molecule has 2 N–H and O–H groups in total. The largest absolute Gasteiger partial charge is 0.480 e. The van der Waals surface area contributed by atoms with Gasteiger partial charge in [0.05, 0.1) is 6.54 Å². The predicted octanol–water partition coefficient (Wildman–Crippen LogP) is 7.14. The number of fused-ring (bicyclic) bond motifs is 1. The molecule has 1 aliphatic heterocycles. The second kappa shape index (κ2) is 14.9. The van der Waals surface area contributed by atoms with Gasteiger partial charge in [-0.25, -0.2) is 9.59 Å². The molecule has 2 amide bonds. The van der Waals surface area contributed by atoms with Crippen LogP contribution in [0.15, 0.2) is 97.1 Å². The average molecular weight is 645 g/mol. The van der Waals surface area contributed by atoms with E-state index in [9.17, 15) is 19.5 Å². The van der Waals surface area contributed by atoms with Crippen LogP contribution in [0.25, 0.3) is 11.1 Å². The average Bonchev–Trinajstić information content (AvgIpc) is 3.08. The Labute approximate surface area is 281 Å². The minimum absolute atomic E-state index is 0.0204. The van der Waals surface area contributed by atoms with Gasteiger partial charge in [0.1, 0.15) is 23.6 Å². The van der Waals surface area contributed by atoms with Crippen LogP contribution < -0.4 is 10.1 Å². The highest BCUT2D eigenvalue weighted by Crippen LogP contribution is 2.31. The number of nitrogens with zero attached hydrogens (tertiary/aromatic N) is 1. The molecule has 0 radical (unpaired) electrons. The first-order valence-electron chi connectivity index (χ1n) is 15.9. The topological polar surface area (TPSA) is 105 Å². The number of hydrogen-bond acceptors (Lipinski definition) is 5. The molecule has 8 nitrogen and oxygen atoms in total. The molecule has 0 spiro atoms. The van der Waals surface area contributed by atoms with Crippen LogP contribution in [0.1, 0.15) is 49.9 Å². The van der Waals surface area contributed by atoms with Gasteiger partial charge in [-0.1, -0.05) is 99.5 Å². The van der Waals surface area contributed by atoms with E-state index >= 15 is 0 Å².